The number of carbonyl (C=O) groups excluding carboxylic acids is 1. The number of anilines is 1. The highest BCUT2D eigenvalue weighted by Gasteiger charge is 2.40. The third-order valence-electron chi connectivity index (χ3n) is 5.55. The number of alkyl halides is 3. The number of nitrogens with zero attached hydrogens (tertiary/aromatic N) is 5. The molecular weight excluding hydrogens is 461 g/mol. The molecule has 2 aromatic heterocycles. The molecule has 1 saturated heterocycles. The topological polar surface area (TPSA) is 73.1 Å². The Balaban J connectivity index is 1.53. The lowest BCUT2D eigenvalue weighted by Crippen LogP contribution is -2.40. The lowest BCUT2D eigenvalue weighted by molar-refractivity contribution is 0.146. The average molecular weight is 481 g/mol. The Labute approximate surface area is 191 Å². The van der Waals surface area contributed by atoms with Crippen molar-refractivity contribution in [3.63, 3.8) is 0 Å². The molecule has 0 spiro atoms. The molecule has 1 aliphatic rings. The van der Waals surface area contributed by atoms with Crippen LogP contribution in [0.15, 0.2) is 36.9 Å². The molecule has 0 bridgehead atoms. The smallest absolute Gasteiger partial charge is 0.416 e. The first-order chi connectivity index (χ1) is 16.2. The molecular formula is C22H20F5N5O2. The Morgan fingerprint density at radius 3 is 2.59 bits per heavy atom. The molecule has 12 heteroatoms. The van der Waals surface area contributed by atoms with E-state index >= 15 is 0 Å². The summed E-state index contributed by atoms with van der Waals surface area (Å²) in [5.74, 6) is -2.37. The fourth-order valence-corrected chi connectivity index (χ4v) is 3.64. The van der Waals surface area contributed by atoms with Gasteiger partial charge in [-0.2, -0.15) is 0 Å². The number of hydrogen-bond acceptors (Lipinski definition) is 5. The lowest BCUT2D eigenvalue weighted by atomic mass is 10.0. The van der Waals surface area contributed by atoms with E-state index in [0.29, 0.717) is 11.4 Å². The van der Waals surface area contributed by atoms with Crippen LogP contribution < -0.4 is 4.90 Å². The Morgan fingerprint density at radius 2 is 1.91 bits per heavy atom. The molecule has 0 N–H and O–H groups in total. The molecule has 4 rings (SSSR count). The van der Waals surface area contributed by atoms with Gasteiger partial charge in [-0.05, 0) is 25.1 Å². The van der Waals surface area contributed by atoms with Crippen LogP contribution >= 0.6 is 0 Å². The van der Waals surface area contributed by atoms with Gasteiger partial charge in [0.05, 0.1) is 23.8 Å². The second-order valence-corrected chi connectivity index (χ2v) is 7.97. The van der Waals surface area contributed by atoms with Crippen molar-refractivity contribution in [3.8, 4) is 5.69 Å². The van der Waals surface area contributed by atoms with Crippen molar-refractivity contribution in [1.82, 2.24) is 19.5 Å². The van der Waals surface area contributed by atoms with Gasteiger partial charge in [-0.15, -0.1) is 0 Å². The molecule has 0 unspecified atom stereocenters. The van der Waals surface area contributed by atoms with Gasteiger partial charge >= 0.3 is 6.09 Å². The monoisotopic (exact) mass is 481 g/mol. The molecule has 1 aliphatic heterocycles. The van der Waals surface area contributed by atoms with Gasteiger partial charge in [0.15, 0.2) is 11.6 Å². The summed E-state index contributed by atoms with van der Waals surface area (Å²) < 4.78 is 74.1. The van der Waals surface area contributed by atoms with E-state index in [4.69, 9.17) is 4.74 Å². The van der Waals surface area contributed by atoms with Crippen molar-refractivity contribution in [3.05, 3.63) is 65.6 Å². The van der Waals surface area contributed by atoms with Gasteiger partial charge in [-0.3, -0.25) is 0 Å². The molecule has 180 valence electrons. The van der Waals surface area contributed by atoms with Gasteiger partial charge in [-0.25, -0.2) is 46.6 Å². The Bertz CT molecular complexity index is 1200. The van der Waals surface area contributed by atoms with E-state index < -0.39 is 41.9 Å². The number of aromatic nitrogens is 4. The first-order valence-electron chi connectivity index (χ1n) is 10.4. The minimum atomic E-state index is -2.92. The summed E-state index contributed by atoms with van der Waals surface area (Å²) in [4.78, 5) is 25.2. The van der Waals surface area contributed by atoms with Crippen LogP contribution in [0.4, 0.5) is 32.6 Å². The summed E-state index contributed by atoms with van der Waals surface area (Å²) in [6, 6.07) is 2.36. The van der Waals surface area contributed by atoms with Crippen LogP contribution in [-0.2, 0) is 11.2 Å². The molecule has 1 fully saturated rings. The van der Waals surface area contributed by atoms with E-state index in [2.05, 4.69) is 15.0 Å². The number of hydrogen-bond donors (Lipinski definition) is 0. The minimum absolute atomic E-state index is 0.191. The Morgan fingerprint density at radius 1 is 1.15 bits per heavy atom. The Kier molecular flexibility index (Phi) is 6.49. The quantitative estimate of drug-likeness (QED) is 0.449. The predicted molar refractivity (Wildman–Crippen MR) is 111 cm³/mol. The number of carbonyl (C=O) groups is 1. The van der Waals surface area contributed by atoms with Gasteiger partial charge in [0.2, 0.25) is 0 Å². The summed E-state index contributed by atoms with van der Waals surface area (Å²) in [6.45, 7) is 2.82. The number of amides is 1. The highest BCUT2D eigenvalue weighted by molar-refractivity contribution is 5.89. The van der Waals surface area contributed by atoms with Gasteiger partial charge in [0, 0.05) is 24.2 Å². The van der Waals surface area contributed by atoms with E-state index in [1.165, 1.54) is 23.9 Å². The molecule has 7 nitrogen and oxygen atoms in total. The lowest BCUT2D eigenvalue weighted by Gasteiger charge is -2.22. The summed E-state index contributed by atoms with van der Waals surface area (Å²) in [6.07, 6.45) is -1.16. The second kappa shape index (κ2) is 9.35. The molecule has 0 saturated carbocycles. The molecule has 0 radical (unpaired) electrons. The third-order valence-corrected chi connectivity index (χ3v) is 5.55. The largest absolute Gasteiger partial charge is 0.447 e. The zero-order chi connectivity index (χ0) is 24.6. The number of cyclic esters (lactones) is 1. The number of benzene rings is 1. The minimum Gasteiger partial charge on any atom is -0.447 e. The van der Waals surface area contributed by atoms with E-state index in [9.17, 15) is 26.7 Å². The van der Waals surface area contributed by atoms with Crippen LogP contribution in [0, 0.1) is 11.6 Å². The van der Waals surface area contributed by atoms with E-state index in [1.54, 1.807) is 13.1 Å². The maximum Gasteiger partial charge on any atom is 0.416 e. The highest BCUT2D eigenvalue weighted by atomic mass is 19.3. The van der Waals surface area contributed by atoms with Crippen LogP contribution in [0.1, 0.15) is 43.3 Å². The molecule has 1 aromatic carbocycles. The van der Waals surface area contributed by atoms with E-state index in [1.807, 2.05) is 0 Å². The number of halogens is 5. The van der Waals surface area contributed by atoms with Gasteiger partial charge in [0.25, 0.3) is 6.43 Å². The molecule has 1 amide bonds. The average Bonchev–Trinajstić information content (AvgIpc) is 3.42. The van der Waals surface area contributed by atoms with Crippen molar-refractivity contribution in [2.75, 3.05) is 11.5 Å². The highest BCUT2D eigenvalue weighted by Crippen LogP contribution is 2.28. The normalized spacial score (nSPS) is 17.8. The fourth-order valence-electron chi connectivity index (χ4n) is 3.64. The number of rotatable bonds is 7. The maximum atomic E-state index is 14.4. The number of imidazole rings is 1. The fraction of sp³-hybridized carbons (Fsp3) is 0.364. The standard InChI is InChI=1S/C22H20F5N5O2/c1-11(17-8-31(10-29-17)13-3-4-14(20(26)27)15(24)6-13)5-19-28-7-16(25)21(30-19)32-18(12(2)23)9-34-22(32)33/h3-4,6-8,10-12,18,20H,5,9H2,1-2H3/t11-,12+,18-/m1/s1. The molecule has 0 aliphatic carbocycles. The van der Waals surface area contributed by atoms with Crippen molar-refractivity contribution >= 4 is 11.9 Å². The SMILES string of the molecule is C[C@H](Cc1ncc(F)c(N2C(=O)OC[C@@H]2[C@H](C)F)n1)c1cn(-c2ccc(C(F)F)c(F)c2)cn1. The predicted octanol–water partition coefficient (Wildman–Crippen LogP) is 4.91. The van der Waals surface area contributed by atoms with Crippen LogP contribution in [0.3, 0.4) is 0 Å². The molecule has 3 atom stereocenters. The van der Waals surface area contributed by atoms with Crippen molar-refractivity contribution in [1.29, 1.82) is 0 Å². The summed E-state index contributed by atoms with van der Waals surface area (Å²) >= 11 is 0. The Hall–Kier alpha value is -3.57. The third kappa shape index (κ3) is 4.57. The molecule has 34 heavy (non-hydrogen) atoms. The van der Waals surface area contributed by atoms with E-state index in [-0.39, 0.29) is 30.6 Å². The second-order valence-electron chi connectivity index (χ2n) is 7.97. The summed E-state index contributed by atoms with van der Waals surface area (Å²) in [5.41, 5.74) is 0.184. The van der Waals surface area contributed by atoms with Crippen LogP contribution in [0.5, 0.6) is 0 Å². The van der Waals surface area contributed by atoms with Crippen molar-refractivity contribution in [2.24, 2.45) is 0 Å². The van der Waals surface area contributed by atoms with Gasteiger partial charge in [0.1, 0.15) is 30.5 Å². The molecule has 3 aromatic rings. The zero-order valence-electron chi connectivity index (χ0n) is 18.1. The maximum absolute atomic E-state index is 14.4. The first-order valence-corrected chi connectivity index (χ1v) is 10.4. The van der Waals surface area contributed by atoms with E-state index in [0.717, 1.165) is 23.2 Å². The van der Waals surface area contributed by atoms with Crippen LogP contribution in [-0.4, -0.2) is 44.4 Å². The summed E-state index contributed by atoms with van der Waals surface area (Å²) in [7, 11) is 0. The number of ether oxygens (including phenoxy) is 1. The molecule has 3 heterocycles. The van der Waals surface area contributed by atoms with Gasteiger partial charge < -0.3 is 9.30 Å². The van der Waals surface area contributed by atoms with Crippen LogP contribution in [0.2, 0.25) is 0 Å². The van der Waals surface area contributed by atoms with Gasteiger partial charge in [-0.1, -0.05) is 6.92 Å². The summed E-state index contributed by atoms with van der Waals surface area (Å²) in [5, 5.41) is 0. The zero-order valence-corrected chi connectivity index (χ0v) is 18.1. The first kappa shape index (κ1) is 23.6. The van der Waals surface area contributed by atoms with Crippen molar-refractivity contribution in [2.45, 2.75) is 44.8 Å². The van der Waals surface area contributed by atoms with Crippen molar-refractivity contribution < 1.29 is 31.5 Å². The van der Waals surface area contributed by atoms with Crippen LogP contribution in [0.25, 0.3) is 5.69 Å².